The van der Waals surface area contributed by atoms with Gasteiger partial charge in [0.1, 0.15) is 6.54 Å². The Hall–Kier alpha value is -3.21. The van der Waals surface area contributed by atoms with E-state index in [1.807, 2.05) is 11.4 Å². The van der Waals surface area contributed by atoms with Gasteiger partial charge in [-0.2, -0.15) is 0 Å². The minimum absolute atomic E-state index is 0.0427. The molecular formula is C18H20N6O4S. The number of aromatic nitrogens is 4. The smallest absolute Gasteiger partial charge is 0.332 e. The van der Waals surface area contributed by atoms with Crippen LogP contribution in [0.25, 0.3) is 11.2 Å². The highest BCUT2D eigenvalue weighted by Gasteiger charge is 2.26. The molecule has 0 spiro atoms. The third-order valence-electron chi connectivity index (χ3n) is 5.15. The highest BCUT2D eigenvalue weighted by atomic mass is 32.1. The molecule has 3 aromatic rings. The number of imidazole rings is 1. The summed E-state index contributed by atoms with van der Waals surface area (Å²) in [7, 11) is 3.18. The summed E-state index contributed by atoms with van der Waals surface area (Å²) in [5.41, 5.74) is -0.567. The van der Waals surface area contributed by atoms with E-state index in [0.29, 0.717) is 31.1 Å². The Kier molecular flexibility index (Phi) is 4.82. The van der Waals surface area contributed by atoms with Crippen molar-refractivity contribution in [2.45, 2.75) is 6.54 Å². The SMILES string of the molecule is Cn1cnc2c1c(=O)n(CC(=O)N1CCN(C(=O)c3cccs3)CC1)c(=O)n2C. The quantitative estimate of drug-likeness (QED) is 0.572. The lowest BCUT2D eigenvalue weighted by molar-refractivity contribution is -0.133. The molecule has 10 nitrogen and oxygen atoms in total. The van der Waals surface area contributed by atoms with E-state index >= 15 is 0 Å². The number of nitrogens with zero attached hydrogens (tertiary/aromatic N) is 6. The first-order valence-corrected chi connectivity index (χ1v) is 9.98. The van der Waals surface area contributed by atoms with Gasteiger partial charge in [0, 0.05) is 40.3 Å². The van der Waals surface area contributed by atoms with Crippen LogP contribution < -0.4 is 11.2 Å². The fourth-order valence-corrected chi connectivity index (χ4v) is 4.18. The average Bonchev–Trinajstić information content (AvgIpc) is 3.39. The van der Waals surface area contributed by atoms with Crippen molar-refractivity contribution in [1.29, 1.82) is 0 Å². The van der Waals surface area contributed by atoms with Crippen molar-refractivity contribution in [1.82, 2.24) is 28.5 Å². The van der Waals surface area contributed by atoms with Gasteiger partial charge in [0.15, 0.2) is 11.2 Å². The van der Waals surface area contributed by atoms with Crippen molar-refractivity contribution in [3.8, 4) is 0 Å². The predicted molar refractivity (Wildman–Crippen MR) is 107 cm³/mol. The zero-order valence-electron chi connectivity index (χ0n) is 16.1. The standard InChI is InChI=1S/C18H20N6O4S/c1-20-11-19-15-14(20)17(27)24(18(28)21(15)2)10-13(25)22-5-7-23(8-6-22)16(26)12-4-3-9-29-12/h3-4,9,11H,5-8,10H2,1-2H3. The molecule has 29 heavy (non-hydrogen) atoms. The topological polar surface area (TPSA) is 102 Å². The zero-order valence-corrected chi connectivity index (χ0v) is 16.9. The van der Waals surface area contributed by atoms with E-state index in [1.54, 1.807) is 22.9 Å². The van der Waals surface area contributed by atoms with Gasteiger partial charge in [0.2, 0.25) is 5.91 Å². The fraction of sp³-hybridized carbons (Fsp3) is 0.389. The van der Waals surface area contributed by atoms with Gasteiger partial charge in [-0.3, -0.25) is 19.0 Å². The Morgan fingerprint density at radius 3 is 2.45 bits per heavy atom. The summed E-state index contributed by atoms with van der Waals surface area (Å²) < 4.78 is 3.74. The second-order valence-electron chi connectivity index (χ2n) is 6.91. The van der Waals surface area contributed by atoms with Crippen LogP contribution in [0, 0.1) is 0 Å². The van der Waals surface area contributed by atoms with Crippen molar-refractivity contribution < 1.29 is 9.59 Å². The van der Waals surface area contributed by atoms with E-state index in [-0.39, 0.29) is 29.5 Å². The summed E-state index contributed by atoms with van der Waals surface area (Å²) in [6, 6.07) is 3.61. The van der Waals surface area contributed by atoms with Crippen LogP contribution >= 0.6 is 11.3 Å². The second-order valence-corrected chi connectivity index (χ2v) is 7.86. The zero-order chi connectivity index (χ0) is 20.7. The van der Waals surface area contributed by atoms with E-state index in [1.165, 1.54) is 33.8 Å². The number of rotatable bonds is 3. The number of thiophene rings is 1. The van der Waals surface area contributed by atoms with Gasteiger partial charge in [-0.05, 0) is 11.4 Å². The number of amides is 2. The molecule has 0 bridgehead atoms. The molecular weight excluding hydrogens is 396 g/mol. The Morgan fingerprint density at radius 1 is 1.10 bits per heavy atom. The molecule has 152 valence electrons. The van der Waals surface area contributed by atoms with Gasteiger partial charge in [-0.15, -0.1) is 11.3 Å². The number of aryl methyl sites for hydroxylation is 2. The molecule has 0 saturated carbocycles. The monoisotopic (exact) mass is 416 g/mol. The molecule has 11 heteroatoms. The van der Waals surface area contributed by atoms with Crippen molar-refractivity contribution in [3.05, 3.63) is 49.6 Å². The number of carbonyl (C=O) groups is 2. The predicted octanol–water partition coefficient (Wildman–Crippen LogP) is -0.520. The Labute approximate surface area is 169 Å². The third-order valence-corrected chi connectivity index (χ3v) is 6.00. The van der Waals surface area contributed by atoms with Crippen LogP contribution in [-0.4, -0.2) is 66.5 Å². The lowest BCUT2D eigenvalue weighted by Crippen LogP contribution is -2.52. The number of piperazine rings is 1. The van der Waals surface area contributed by atoms with Crippen molar-refractivity contribution in [2.75, 3.05) is 26.2 Å². The molecule has 2 amide bonds. The molecule has 0 N–H and O–H groups in total. The average molecular weight is 416 g/mol. The lowest BCUT2D eigenvalue weighted by atomic mass is 10.3. The highest BCUT2D eigenvalue weighted by molar-refractivity contribution is 7.12. The minimum Gasteiger partial charge on any atom is -0.338 e. The minimum atomic E-state index is -0.582. The van der Waals surface area contributed by atoms with Crippen LogP contribution in [-0.2, 0) is 25.4 Å². The lowest BCUT2D eigenvalue weighted by Gasteiger charge is -2.34. The van der Waals surface area contributed by atoms with Gasteiger partial charge in [-0.1, -0.05) is 6.07 Å². The van der Waals surface area contributed by atoms with Gasteiger partial charge >= 0.3 is 5.69 Å². The van der Waals surface area contributed by atoms with Crippen molar-refractivity contribution in [3.63, 3.8) is 0 Å². The third kappa shape index (κ3) is 3.27. The molecule has 3 aromatic heterocycles. The summed E-state index contributed by atoms with van der Waals surface area (Å²) in [5.74, 6) is -0.368. The molecule has 0 aliphatic carbocycles. The van der Waals surface area contributed by atoms with Gasteiger partial charge in [-0.25, -0.2) is 14.3 Å². The van der Waals surface area contributed by atoms with E-state index in [9.17, 15) is 19.2 Å². The molecule has 1 saturated heterocycles. The molecule has 1 aliphatic rings. The van der Waals surface area contributed by atoms with Crippen LogP contribution in [0.5, 0.6) is 0 Å². The van der Waals surface area contributed by atoms with Crippen LogP contribution in [0.4, 0.5) is 0 Å². The summed E-state index contributed by atoms with van der Waals surface area (Å²) >= 11 is 1.39. The molecule has 0 unspecified atom stereocenters. The number of hydrogen-bond donors (Lipinski definition) is 0. The molecule has 1 aliphatic heterocycles. The Balaban J connectivity index is 1.50. The largest absolute Gasteiger partial charge is 0.338 e. The number of fused-ring (bicyclic) bond motifs is 1. The molecule has 0 atom stereocenters. The van der Waals surface area contributed by atoms with E-state index in [0.717, 1.165) is 4.57 Å². The van der Waals surface area contributed by atoms with Gasteiger partial charge in [0.25, 0.3) is 11.5 Å². The maximum absolute atomic E-state index is 12.7. The Morgan fingerprint density at radius 2 is 1.79 bits per heavy atom. The summed E-state index contributed by atoms with van der Waals surface area (Å²) in [6.45, 7) is 1.20. The van der Waals surface area contributed by atoms with E-state index < -0.39 is 11.2 Å². The molecule has 0 radical (unpaired) electrons. The van der Waals surface area contributed by atoms with Gasteiger partial charge < -0.3 is 14.4 Å². The first-order chi connectivity index (χ1) is 13.9. The normalized spacial score (nSPS) is 14.6. The van der Waals surface area contributed by atoms with E-state index in [4.69, 9.17) is 0 Å². The number of carbonyl (C=O) groups excluding carboxylic acids is 2. The van der Waals surface area contributed by atoms with Crippen molar-refractivity contribution >= 4 is 34.3 Å². The summed E-state index contributed by atoms with van der Waals surface area (Å²) in [4.78, 5) is 58.5. The van der Waals surface area contributed by atoms with Crippen LogP contribution in [0.15, 0.2) is 33.4 Å². The maximum atomic E-state index is 12.7. The highest BCUT2D eigenvalue weighted by Crippen LogP contribution is 2.14. The maximum Gasteiger partial charge on any atom is 0.332 e. The summed E-state index contributed by atoms with van der Waals surface area (Å²) in [5, 5.41) is 1.85. The summed E-state index contributed by atoms with van der Waals surface area (Å²) in [6.07, 6.45) is 1.46. The Bertz CT molecular complexity index is 1200. The van der Waals surface area contributed by atoms with E-state index in [2.05, 4.69) is 4.98 Å². The second kappa shape index (κ2) is 7.32. The molecule has 4 rings (SSSR count). The molecule has 4 heterocycles. The first kappa shape index (κ1) is 19.1. The van der Waals surface area contributed by atoms with Crippen molar-refractivity contribution in [2.24, 2.45) is 14.1 Å². The first-order valence-electron chi connectivity index (χ1n) is 9.10. The molecule has 0 aromatic carbocycles. The van der Waals surface area contributed by atoms with Crippen LogP contribution in [0.2, 0.25) is 0 Å². The fourth-order valence-electron chi connectivity index (χ4n) is 3.49. The van der Waals surface area contributed by atoms with Crippen LogP contribution in [0.3, 0.4) is 0 Å². The number of hydrogen-bond acceptors (Lipinski definition) is 6. The molecule has 1 fully saturated rings. The van der Waals surface area contributed by atoms with Crippen LogP contribution in [0.1, 0.15) is 9.67 Å². The van der Waals surface area contributed by atoms with Gasteiger partial charge in [0.05, 0.1) is 11.2 Å².